The first-order chi connectivity index (χ1) is 14.0. The Bertz CT molecular complexity index is 852. The fourth-order valence-corrected chi connectivity index (χ4v) is 4.49. The summed E-state index contributed by atoms with van der Waals surface area (Å²) in [5.74, 6) is 0.211. The molecule has 2 fully saturated rings. The number of nitriles is 1. The molecule has 0 bridgehead atoms. The number of hydrogen-bond donors (Lipinski definition) is 2. The summed E-state index contributed by atoms with van der Waals surface area (Å²) < 4.78 is 0.630. The molecule has 2 aromatic rings. The van der Waals surface area contributed by atoms with Gasteiger partial charge < -0.3 is 11.5 Å². The van der Waals surface area contributed by atoms with Crippen LogP contribution in [-0.2, 0) is 11.1 Å². The Kier molecular flexibility index (Phi) is 7.28. The Morgan fingerprint density at radius 2 is 1.28 bits per heavy atom. The Morgan fingerprint density at radius 3 is 1.76 bits per heavy atom. The summed E-state index contributed by atoms with van der Waals surface area (Å²) in [6.07, 6.45) is 14.6. The van der Waals surface area contributed by atoms with Crippen molar-refractivity contribution in [2.24, 2.45) is 11.5 Å². The van der Waals surface area contributed by atoms with Crippen LogP contribution in [0.4, 0.5) is 0 Å². The van der Waals surface area contributed by atoms with Crippen LogP contribution >= 0.6 is 15.9 Å². The van der Waals surface area contributed by atoms with E-state index in [0.717, 1.165) is 49.9 Å². The van der Waals surface area contributed by atoms with E-state index in [-0.39, 0.29) is 16.9 Å². The molecule has 0 aromatic carbocycles. The van der Waals surface area contributed by atoms with Crippen molar-refractivity contribution in [3.05, 3.63) is 46.5 Å². The van der Waals surface area contributed by atoms with Gasteiger partial charge in [-0.25, -0.2) is 19.9 Å². The Morgan fingerprint density at radius 1 is 0.793 bits per heavy atom. The normalized spacial score (nSPS) is 20.1. The van der Waals surface area contributed by atoms with Crippen LogP contribution in [0.2, 0.25) is 0 Å². The Hall–Kier alpha value is -1.95. The number of aromatic nitrogens is 4. The second-order valence-electron chi connectivity index (χ2n) is 8.02. The molecule has 0 atom stereocenters. The standard InChI is InChI=1S/C11H14N4.C10H14BrN3/c12-8-10-14-7-4-9(15-10)11(13)5-2-1-3-6-11;11-9-13-7-4-8(14-9)10(12)5-2-1-3-6-10/h4,7H,1-3,5-6,13H2;4,7H,1-3,5-6,12H2. The van der Waals surface area contributed by atoms with Gasteiger partial charge >= 0.3 is 0 Å². The summed E-state index contributed by atoms with van der Waals surface area (Å²) in [5, 5.41) is 8.73. The molecule has 29 heavy (non-hydrogen) atoms. The summed E-state index contributed by atoms with van der Waals surface area (Å²) in [7, 11) is 0. The van der Waals surface area contributed by atoms with E-state index in [1.165, 1.54) is 25.7 Å². The van der Waals surface area contributed by atoms with Gasteiger partial charge in [0.05, 0.1) is 22.5 Å². The zero-order valence-electron chi connectivity index (χ0n) is 16.6. The molecule has 4 N–H and O–H groups in total. The van der Waals surface area contributed by atoms with Crippen LogP contribution in [0.1, 0.15) is 81.4 Å². The lowest BCUT2D eigenvalue weighted by Crippen LogP contribution is -2.39. The van der Waals surface area contributed by atoms with Crippen molar-refractivity contribution in [2.75, 3.05) is 0 Å². The van der Waals surface area contributed by atoms with Gasteiger partial charge in [0, 0.05) is 12.4 Å². The molecule has 0 radical (unpaired) electrons. The second-order valence-corrected chi connectivity index (χ2v) is 8.73. The van der Waals surface area contributed by atoms with Crippen LogP contribution in [0.25, 0.3) is 0 Å². The molecule has 2 saturated carbocycles. The third kappa shape index (κ3) is 5.56. The van der Waals surface area contributed by atoms with Crippen molar-refractivity contribution in [3.63, 3.8) is 0 Å². The van der Waals surface area contributed by atoms with Crippen LogP contribution in [0.15, 0.2) is 29.3 Å². The molecule has 0 amide bonds. The van der Waals surface area contributed by atoms with E-state index in [4.69, 9.17) is 16.7 Å². The van der Waals surface area contributed by atoms with E-state index in [9.17, 15) is 0 Å². The van der Waals surface area contributed by atoms with Crippen molar-refractivity contribution in [3.8, 4) is 6.07 Å². The summed E-state index contributed by atoms with van der Waals surface area (Å²) >= 11 is 3.28. The molecule has 7 nitrogen and oxygen atoms in total. The zero-order chi connectivity index (χ0) is 20.7. The number of halogens is 1. The van der Waals surface area contributed by atoms with Gasteiger partial charge in [-0.3, -0.25) is 0 Å². The van der Waals surface area contributed by atoms with Gasteiger partial charge in [0.25, 0.3) is 0 Å². The molecule has 0 unspecified atom stereocenters. The Labute approximate surface area is 180 Å². The highest BCUT2D eigenvalue weighted by Gasteiger charge is 2.31. The SMILES string of the molecule is N#Cc1nccc(C2(N)CCCCC2)n1.NC1(c2ccnc(Br)n2)CCCCC1. The van der Waals surface area contributed by atoms with Gasteiger partial charge in [-0.05, 0) is 53.7 Å². The molecule has 0 spiro atoms. The van der Waals surface area contributed by atoms with Crippen molar-refractivity contribution in [1.29, 1.82) is 5.26 Å². The smallest absolute Gasteiger partial charge is 0.232 e. The minimum absolute atomic E-state index is 0.211. The van der Waals surface area contributed by atoms with E-state index in [1.54, 1.807) is 12.4 Å². The van der Waals surface area contributed by atoms with Gasteiger partial charge in [0.15, 0.2) is 4.73 Å². The first-order valence-corrected chi connectivity index (χ1v) is 11.0. The molecular weight excluding hydrogens is 430 g/mol. The van der Waals surface area contributed by atoms with Crippen molar-refractivity contribution in [1.82, 2.24) is 19.9 Å². The van der Waals surface area contributed by atoms with Gasteiger partial charge in [0.2, 0.25) is 5.82 Å². The lowest BCUT2D eigenvalue weighted by molar-refractivity contribution is 0.294. The molecule has 2 aliphatic carbocycles. The summed E-state index contributed by atoms with van der Waals surface area (Å²) in [6, 6.07) is 5.70. The minimum Gasteiger partial charge on any atom is -0.320 e. The maximum Gasteiger partial charge on any atom is 0.232 e. The number of hydrogen-bond acceptors (Lipinski definition) is 7. The largest absolute Gasteiger partial charge is 0.320 e. The molecule has 154 valence electrons. The van der Waals surface area contributed by atoms with Gasteiger partial charge in [-0.1, -0.05) is 38.5 Å². The summed E-state index contributed by atoms with van der Waals surface area (Å²) in [6.45, 7) is 0. The Balaban J connectivity index is 0.000000166. The van der Waals surface area contributed by atoms with Crippen LogP contribution in [-0.4, -0.2) is 19.9 Å². The van der Waals surface area contributed by atoms with Crippen LogP contribution < -0.4 is 11.5 Å². The van der Waals surface area contributed by atoms with E-state index >= 15 is 0 Å². The predicted octanol–water partition coefficient (Wildman–Crippen LogP) is 3.82. The average molecular weight is 458 g/mol. The first-order valence-electron chi connectivity index (χ1n) is 10.3. The summed E-state index contributed by atoms with van der Waals surface area (Å²) in [5.41, 5.74) is 13.9. The van der Waals surface area contributed by atoms with E-state index in [0.29, 0.717) is 4.73 Å². The van der Waals surface area contributed by atoms with Crippen molar-refractivity contribution >= 4 is 15.9 Å². The van der Waals surface area contributed by atoms with Crippen molar-refractivity contribution in [2.45, 2.75) is 75.3 Å². The van der Waals surface area contributed by atoms with Gasteiger partial charge in [-0.2, -0.15) is 5.26 Å². The maximum absolute atomic E-state index is 8.73. The van der Waals surface area contributed by atoms with Crippen LogP contribution in [0.5, 0.6) is 0 Å². The van der Waals surface area contributed by atoms with Gasteiger partial charge in [-0.15, -0.1) is 0 Å². The topological polar surface area (TPSA) is 127 Å². The van der Waals surface area contributed by atoms with Crippen LogP contribution in [0, 0.1) is 11.3 Å². The highest BCUT2D eigenvalue weighted by atomic mass is 79.9. The average Bonchev–Trinajstić information content (AvgIpc) is 2.75. The van der Waals surface area contributed by atoms with E-state index < -0.39 is 0 Å². The number of rotatable bonds is 2. The van der Waals surface area contributed by atoms with Crippen LogP contribution in [0.3, 0.4) is 0 Å². The lowest BCUT2D eigenvalue weighted by atomic mass is 9.80. The number of nitrogens with zero attached hydrogens (tertiary/aromatic N) is 5. The number of nitrogens with two attached hydrogens (primary N) is 2. The molecule has 8 heteroatoms. The molecule has 2 aromatic heterocycles. The third-order valence-electron chi connectivity index (χ3n) is 5.89. The third-order valence-corrected chi connectivity index (χ3v) is 6.28. The quantitative estimate of drug-likeness (QED) is 0.655. The molecule has 2 heterocycles. The second kappa shape index (κ2) is 9.70. The van der Waals surface area contributed by atoms with E-state index in [2.05, 4.69) is 35.9 Å². The maximum atomic E-state index is 8.73. The first kappa shape index (κ1) is 21.8. The zero-order valence-corrected chi connectivity index (χ0v) is 18.2. The summed E-state index contributed by atoms with van der Waals surface area (Å²) in [4.78, 5) is 16.4. The molecule has 2 aliphatic rings. The molecule has 0 saturated heterocycles. The highest BCUT2D eigenvalue weighted by Crippen LogP contribution is 2.34. The molecular formula is C21H28BrN7. The fraction of sp³-hybridized carbons (Fsp3) is 0.571. The highest BCUT2D eigenvalue weighted by molar-refractivity contribution is 9.10. The monoisotopic (exact) mass is 457 g/mol. The van der Waals surface area contributed by atoms with Gasteiger partial charge in [0.1, 0.15) is 6.07 Å². The van der Waals surface area contributed by atoms with E-state index in [1.807, 2.05) is 18.2 Å². The predicted molar refractivity (Wildman–Crippen MR) is 114 cm³/mol. The molecule has 0 aliphatic heterocycles. The van der Waals surface area contributed by atoms with Crippen molar-refractivity contribution < 1.29 is 0 Å². The fourth-order valence-electron chi connectivity index (χ4n) is 4.18. The lowest BCUT2D eigenvalue weighted by Gasteiger charge is -2.32. The minimum atomic E-state index is -0.340. The molecule has 4 rings (SSSR count).